The number of rotatable bonds is 2. The average Bonchev–Trinajstić information content (AvgIpc) is 3.05. The van der Waals surface area contributed by atoms with Gasteiger partial charge in [-0.3, -0.25) is 0 Å². The summed E-state index contributed by atoms with van der Waals surface area (Å²) in [6, 6.07) is 10.3. The molecule has 0 saturated heterocycles. The molecule has 0 unspecified atom stereocenters. The van der Waals surface area contributed by atoms with E-state index in [1.54, 1.807) is 0 Å². The maximum atomic E-state index is 6.15. The fourth-order valence-electron chi connectivity index (χ4n) is 3.20. The molecule has 0 fully saturated rings. The maximum Gasteiger partial charge on any atom is 0.140 e. The smallest absolute Gasteiger partial charge is 0.140 e. The van der Waals surface area contributed by atoms with Crippen molar-refractivity contribution < 1.29 is 0 Å². The molecule has 0 amide bonds. The lowest BCUT2D eigenvalue weighted by Gasteiger charge is -2.19. The first-order chi connectivity index (χ1) is 10.2. The molecule has 0 bridgehead atoms. The second-order valence-electron chi connectivity index (χ2n) is 5.68. The maximum absolute atomic E-state index is 6.15. The standard InChI is InChI=1S/C17H18N4/c1-12-4-3-8-21-11-14(19-17(12)21)10-20-9-7-13-5-2-6-15(18)16(13)20/h2-6,8,11H,7,9-10,18H2,1H3. The number of nitrogen functional groups attached to an aromatic ring is 1. The van der Waals surface area contributed by atoms with Crippen molar-refractivity contribution in [2.45, 2.75) is 19.9 Å². The predicted molar refractivity (Wildman–Crippen MR) is 85.5 cm³/mol. The van der Waals surface area contributed by atoms with Crippen molar-refractivity contribution >= 4 is 17.0 Å². The quantitative estimate of drug-likeness (QED) is 0.733. The first kappa shape index (κ1) is 12.3. The molecular formula is C17H18N4. The highest BCUT2D eigenvalue weighted by Crippen LogP contribution is 2.34. The Morgan fingerprint density at radius 1 is 1.24 bits per heavy atom. The molecule has 0 radical (unpaired) electrons. The summed E-state index contributed by atoms with van der Waals surface area (Å²) < 4.78 is 2.09. The SMILES string of the molecule is Cc1cccn2cc(CN3CCc4cccc(N)c43)nc12. The number of anilines is 2. The van der Waals surface area contributed by atoms with Crippen LogP contribution in [0.1, 0.15) is 16.8 Å². The van der Waals surface area contributed by atoms with Crippen LogP contribution < -0.4 is 10.6 Å². The van der Waals surface area contributed by atoms with Crippen LogP contribution in [0.3, 0.4) is 0 Å². The minimum Gasteiger partial charge on any atom is -0.397 e. The molecule has 1 aromatic carbocycles. The zero-order valence-corrected chi connectivity index (χ0v) is 12.1. The number of aromatic nitrogens is 2. The lowest BCUT2D eigenvalue weighted by molar-refractivity contribution is 0.821. The van der Waals surface area contributed by atoms with Crippen molar-refractivity contribution in [3.05, 3.63) is 59.5 Å². The van der Waals surface area contributed by atoms with Crippen LogP contribution >= 0.6 is 0 Å². The van der Waals surface area contributed by atoms with Gasteiger partial charge in [0.1, 0.15) is 5.65 Å². The van der Waals surface area contributed by atoms with Gasteiger partial charge in [0, 0.05) is 18.9 Å². The third-order valence-corrected chi connectivity index (χ3v) is 4.20. The number of pyridine rings is 1. The Balaban J connectivity index is 1.69. The monoisotopic (exact) mass is 278 g/mol. The average molecular weight is 278 g/mol. The van der Waals surface area contributed by atoms with Gasteiger partial charge in [0.2, 0.25) is 0 Å². The van der Waals surface area contributed by atoms with Crippen LogP contribution in [-0.4, -0.2) is 15.9 Å². The highest BCUT2D eigenvalue weighted by atomic mass is 15.2. The van der Waals surface area contributed by atoms with Crippen LogP contribution in [0, 0.1) is 6.92 Å². The van der Waals surface area contributed by atoms with Gasteiger partial charge < -0.3 is 15.0 Å². The van der Waals surface area contributed by atoms with E-state index >= 15 is 0 Å². The fraction of sp³-hybridized carbons (Fsp3) is 0.235. The second kappa shape index (κ2) is 4.52. The van der Waals surface area contributed by atoms with E-state index in [0.29, 0.717) is 0 Å². The molecule has 0 aliphatic carbocycles. The number of aryl methyl sites for hydroxylation is 1. The zero-order chi connectivity index (χ0) is 14.4. The molecule has 2 aromatic heterocycles. The summed E-state index contributed by atoms with van der Waals surface area (Å²) in [6.07, 6.45) is 5.22. The van der Waals surface area contributed by atoms with Crippen molar-refractivity contribution in [2.24, 2.45) is 0 Å². The predicted octanol–water partition coefficient (Wildman–Crippen LogP) is 2.79. The number of imidazole rings is 1. The Labute approximate surface area is 123 Å². The van der Waals surface area contributed by atoms with E-state index in [1.807, 2.05) is 18.3 Å². The van der Waals surface area contributed by atoms with E-state index in [9.17, 15) is 0 Å². The Morgan fingerprint density at radius 2 is 2.14 bits per heavy atom. The number of hydrogen-bond acceptors (Lipinski definition) is 3. The van der Waals surface area contributed by atoms with E-state index in [0.717, 1.165) is 36.5 Å². The summed E-state index contributed by atoms with van der Waals surface area (Å²) in [5.41, 5.74) is 12.9. The molecule has 106 valence electrons. The van der Waals surface area contributed by atoms with E-state index < -0.39 is 0 Å². The van der Waals surface area contributed by atoms with Crippen LogP contribution in [-0.2, 0) is 13.0 Å². The summed E-state index contributed by atoms with van der Waals surface area (Å²) in [4.78, 5) is 7.09. The van der Waals surface area contributed by atoms with Crippen LogP contribution in [0.5, 0.6) is 0 Å². The summed E-state index contributed by atoms with van der Waals surface area (Å²) in [6.45, 7) is 3.91. The summed E-state index contributed by atoms with van der Waals surface area (Å²) in [5.74, 6) is 0. The Hall–Kier alpha value is -2.49. The number of hydrogen-bond donors (Lipinski definition) is 1. The molecule has 2 N–H and O–H groups in total. The third-order valence-electron chi connectivity index (χ3n) is 4.20. The van der Waals surface area contributed by atoms with Gasteiger partial charge in [0.25, 0.3) is 0 Å². The van der Waals surface area contributed by atoms with Gasteiger partial charge in [-0.2, -0.15) is 0 Å². The Morgan fingerprint density at radius 3 is 3.00 bits per heavy atom. The summed E-state index contributed by atoms with van der Waals surface area (Å²) in [5, 5.41) is 0. The topological polar surface area (TPSA) is 46.6 Å². The molecule has 3 aromatic rings. The van der Waals surface area contributed by atoms with Gasteiger partial charge in [-0.15, -0.1) is 0 Å². The van der Waals surface area contributed by atoms with Crippen molar-refractivity contribution in [1.82, 2.24) is 9.38 Å². The van der Waals surface area contributed by atoms with Crippen molar-refractivity contribution in [2.75, 3.05) is 17.2 Å². The minimum absolute atomic E-state index is 0.808. The van der Waals surface area contributed by atoms with Gasteiger partial charge in [-0.1, -0.05) is 18.2 Å². The Kier molecular flexibility index (Phi) is 2.64. The number of benzene rings is 1. The first-order valence-corrected chi connectivity index (χ1v) is 7.28. The largest absolute Gasteiger partial charge is 0.397 e. The molecule has 4 nitrogen and oxygen atoms in total. The molecule has 1 aliphatic heterocycles. The number of fused-ring (bicyclic) bond motifs is 2. The normalized spacial score (nSPS) is 13.9. The number of nitrogens with zero attached hydrogens (tertiary/aromatic N) is 3. The van der Waals surface area contributed by atoms with E-state index in [1.165, 1.54) is 16.8 Å². The molecule has 4 rings (SSSR count). The molecule has 0 spiro atoms. The second-order valence-corrected chi connectivity index (χ2v) is 5.68. The molecule has 3 heterocycles. The van der Waals surface area contributed by atoms with Crippen molar-refractivity contribution in [3.63, 3.8) is 0 Å². The van der Waals surface area contributed by atoms with Crippen LogP contribution in [0.15, 0.2) is 42.7 Å². The molecule has 0 saturated carbocycles. The number of para-hydroxylation sites is 1. The Bertz CT molecular complexity index is 819. The van der Waals surface area contributed by atoms with Gasteiger partial charge in [-0.25, -0.2) is 4.98 Å². The van der Waals surface area contributed by atoms with Crippen molar-refractivity contribution in [3.8, 4) is 0 Å². The minimum atomic E-state index is 0.808. The molecule has 4 heteroatoms. The summed E-state index contributed by atoms with van der Waals surface area (Å²) >= 11 is 0. The lowest BCUT2D eigenvalue weighted by atomic mass is 10.1. The van der Waals surface area contributed by atoms with Crippen LogP contribution in [0.2, 0.25) is 0 Å². The third kappa shape index (κ3) is 1.95. The van der Waals surface area contributed by atoms with E-state index in [-0.39, 0.29) is 0 Å². The highest BCUT2D eigenvalue weighted by molar-refractivity contribution is 5.74. The van der Waals surface area contributed by atoms with Crippen LogP contribution in [0.4, 0.5) is 11.4 Å². The number of nitrogens with two attached hydrogens (primary N) is 1. The zero-order valence-electron chi connectivity index (χ0n) is 12.1. The summed E-state index contributed by atoms with van der Waals surface area (Å²) in [7, 11) is 0. The van der Waals surface area contributed by atoms with Gasteiger partial charge in [0.15, 0.2) is 0 Å². The van der Waals surface area contributed by atoms with Gasteiger partial charge in [-0.05, 0) is 36.6 Å². The van der Waals surface area contributed by atoms with Crippen LogP contribution in [0.25, 0.3) is 5.65 Å². The van der Waals surface area contributed by atoms with Gasteiger partial charge >= 0.3 is 0 Å². The van der Waals surface area contributed by atoms with Gasteiger partial charge in [0.05, 0.1) is 23.6 Å². The first-order valence-electron chi connectivity index (χ1n) is 7.28. The fourth-order valence-corrected chi connectivity index (χ4v) is 3.20. The van der Waals surface area contributed by atoms with Crippen molar-refractivity contribution in [1.29, 1.82) is 0 Å². The molecule has 21 heavy (non-hydrogen) atoms. The highest BCUT2D eigenvalue weighted by Gasteiger charge is 2.22. The molecule has 0 atom stereocenters. The molecular weight excluding hydrogens is 260 g/mol. The van der Waals surface area contributed by atoms with E-state index in [2.05, 4.69) is 40.6 Å². The molecule has 1 aliphatic rings. The lowest BCUT2D eigenvalue weighted by Crippen LogP contribution is -2.20. The van der Waals surface area contributed by atoms with E-state index in [4.69, 9.17) is 10.7 Å².